The monoisotopic (exact) mass is 222 g/mol. The lowest BCUT2D eigenvalue weighted by atomic mass is 9.94. The number of aliphatic hydroxyl groups is 1. The van der Waals surface area contributed by atoms with Gasteiger partial charge in [0.05, 0.1) is 0 Å². The molecule has 0 aliphatic carbocycles. The summed E-state index contributed by atoms with van der Waals surface area (Å²) < 4.78 is 0. The molecule has 0 amide bonds. The van der Waals surface area contributed by atoms with Gasteiger partial charge >= 0.3 is 0 Å². The Bertz CT molecular complexity index is 310. The number of hydrogen-bond donors (Lipinski definition) is 2. The first-order valence-corrected chi connectivity index (χ1v) is 5.87. The molecule has 1 aromatic heterocycles. The van der Waals surface area contributed by atoms with Crippen LogP contribution in [0.5, 0.6) is 0 Å². The molecule has 0 saturated carbocycles. The van der Waals surface area contributed by atoms with Crippen molar-refractivity contribution in [3.63, 3.8) is 0 Å². The zero-order valence-corrected chi connectivity index (χ0v) is 10.5. The highest BCUT2D eigenvalue weighted by molar-refractivity contribution is 5.13. The number of aromatic nitrogens is 1. The Morgan fingerprint density at radius 1 is 1.44 bits per heavy atom. The first kappa shape index (κ1) is 13.1. The SMILES string of the molecule is CCC(C)(CCO)NCc1ccc(C)nc1. The molecule has 0 radical (unpaired) electrons. The van der Waals surface area contributed by atoms with E-state index in [1.165, 1.54) is 5.56 Å². The third kappa shape index (κ3) is 3.91. The summed E-state index contributed by atoms with van der Waals surface area (Å²) in [6.07, 6.45) is 3.69. The van der Waals surface area contributed by atoms with Crippen LogP contribution < -0.4 is 5.32 Å². The second-order valence-electron chi connectivity index (χ2n) is 4.55. The summed E-state index contributed by atoms with van der Waals surface area (Å²) in [6.45, 7) is 7.29. The number of aliphatic hydroxyl groups excluding tert-OH is 1. The zero-order chi connectivity index (χ0) is 12.0. The molecule has 0 spiro atoms. The first-order valence-electron chi connectivity index (χ1n) is 5.87. The lowest BCUT2D eigenvalue weighted by Gasteiger charge is -2.29. The smallest absolute Gasteiger partial charge is 0.0448 e. The molecule has 1 heterocycles. The van der Waals surface area contributed by atoms with Crippen molar-refractivity contribution in [2.24, 2.45) is 0 Å². The van der Waals surface area contributed by atoms with Crippen molar-refractivity contribution in [1.29, 1.82) is 0 Å². The Hall–Kier alpha value is -0.930. The fourth-order valence-electron chi connectivity index (χ4n) is 1.56. The standard InChI is InChI=1S/C13H22N2O/c1-4-13(3,7-8-16)15-10-12-6-5-11(2)14-9-12/h5-6,9,15-16H,4,7-8,10H2,1-3H3. The maximum absolute atomic E-state index is 9.01. The van der Waals surface area contributed by atoms with Crippen molar-refractivity contribution in [2.75, 3.05) is 6.61 Å². The Balaban J connectivity index is 2.52. The van der Waals surface area contributed by atoms with Gasteiger partial charge in [0.15, 0.2) is 0 Å². The molecule has 0 bridgehead atoms. The molecular formula is C13H22N2O. The number of aryl methyl sites for hydroxylation is 1. The normalized spacial score (nSPS) is 14.8. The minimum Gasteiger partial charge on any atom is -0.396 e. The lowest BCUT2D eigenvalue weighted by molar-refractivity contribution is 0.214. The molecular weight excluding hydrogens is 200 g/mol. The summed E-state index contributed by atoms with van der Waals surface area (Å²) in [7, 11) is 0. The summed E-state index contributed by atoms with van der Waals surface area (Å²) in [5.41, 5.74) is 2.24. The number of pyridine rings is 1. The van der Waals surface area contributed by atoms with Gasteiger partial charge in [-0.25, -0.2) is 0 Å². The molecule has 3 heteroatoms. The van der Waals surface area contributed by atoms with Gasteiger partial charge in [0, 0.05) is 30.6 Å². The Kier molecular flexibility index (Phi) is 4.90. The molecule has 1 aromatic rings. The maximum atomic E-state index is 9.01. The van der Waals surface area contributed by atoms with Gasteiger partial charge in [0.25, 0.3) is 0 Å². The highest BCUT2D eigenvalue weighted by Crippen LogP contribution is 2.14. The van der Waals surface area contributed by atoms with E-state index in [-0.39, 0.29) is 12.1 Å². The van der Waals surface area contributed by atoms with E-state index >= 15 is 0 Å². The average molecular weight is 222 g/mol. The molecule has 3 nitrogen and oxygen atoms in total. The quantitative estimate of drug-likeness (QED) is 0.774. The van der Waals surface area contributed by atoms with Gasteiger partial charge in [-0.1, -0.05) is 13.0 Å². The van der Waals surface area contributed by atoms with Crippen LogP contribution in [0.3, 0.4) is 0 Å². The second kappa shape index (κ2) is 5.97. The minimum absolute atomic E-state index is 0.0135. The van der Waals surface area contributed by atoms with Gasteiger partial charge in [-0.3, -0.25) is 4.98 Å². The first-order chi connectivity index (χ1) is 7.59. The van der Waals surface area contributed by atoms with Gasteiger partial charge in [0.1, 0.15) is 0 Å². The van der Waals surface area contributed by atoms with Gasteiger partial charge in [-0.2, -0.15) is 0 Å². The molecule has 0 aromatic carbocycles. The van der Waals surface area contributed by atoms with Crippen molar-refractivity contribution in [3.8, 4) is 0 Å². The number of nitrogens with one attached hydrogen (secondary N) is 1. The average Bonchev–Trinajstić information content (AvgIpc) is 2.29. The van der Waals surface area contributed by atoms with E-state index in [1.54, 1.807) is 0 Å². The summed E-state index contributed by atoms with van der Waals surface area (Å²) >= 11 is 0. The van der Waals surface area contributed by atoms with Crippen LogP contribution in [-0.2, 0) is 6.54 Å². The molecule has 16 heavy (non-hydrogen) atoms. The third-order valence-corrected chi connectivity index (χ3v) is 3.14. The third-order valence-electron chi connectivity index (χ3n) is 3.14. The van der Waals surface area contributed by atoms with Crippen LogP contribution in [0.25, 0.3) is 0 Å². The van der Waals surface area contributed by atoms with E-state index in [9.17, 15) is 0 Å². The summed E-state index contributed by atoms with van der Waals surface area (Å²) in [5, 5.41) is 12.5. The topological polar surface area (TPSA) is 45.1 Å². The molecule has 0 aliphatic heterocycles. The summed E-state index contributed by atoms with van der Waals surface area (Å²) in [5.74, 6) is 0. The molecule has 1 rings (SSSR count). The van der Waals surface area contributed by atoms with Crippen molar-refractivity contribution in [2.45, 2.75) is 45.7 Å². The number of rotatable bonds is 6. The van der Waals surface area contributed by atoms with E-state index in [0.29, 0.717) is 0 Å². The van der Waals surface area contributed by atoms with Crippen LogP contribution in [-0.4, -0.2) is 22.2 Å². The van der Waals surface area contributed by atoms with E-state index in [1.807, 2.05) is 19.2 Å². The van der Waals surface area contributed by atoms with Crippen LogP contribution in [0.1, 0.15) is 37.9 Å². The van der Waals surface area contributed by atoms with Crippen molar-refractivity contribution in [1.82, 2.24) is 10.3 Å². The van der Waals surface area contributed by atoms with Crippen molar-refractivity contribution in [3.05, 3.63) is 29.6 Å². The Morgan fingerprint density at radius 2 is 2.19 bits per heavy atom. The van der Waals surface area contributed by atoms with Crippen LogP contribution in [0.4, 0.5) is 0 Å². The Morgan fingerprint density at radius 3 is 2.69 bits per heavy atom. The van der Waals surface area contributed by atoms with Crippen LogP contribution in [0.2, 0.25) is 0 Å². The fourth-order valence-corrected chi connectivity index (χ4v) is 1.56. The molecule has 1 atom stereocenters. The molecule has 1 unspecified atom stereocenters. The molecule has 90 valence electrons. The molecule has 0 aliphatic rings. The minimum atomic E-state index is 0.0135. The van der Waals surface area contributed by atoms with Crippen molar-refractivity contribution >= 4 is 0 Å². The van der Waals surface area contributed by atoms with Crippen LogP contribution in [0.15, 0.2) is 18.3 Å². The highest BCUT2D eigenvalue weighted by atomic mass is 16.3. The maximum Gasteiger partial charge on any atom is 0.0448 e. The van der Waals surface area contributed by atoms with Gasteiger partial charge in [-0.05, 0) is 38.3 Å². The van der Waals surface area contributed by atoms with E-state index in [0.717, 1.165) is 25.1 Å². The lowest BCUT2D eigenvalue weighted by Crippen LogP contribution is -2.42. The molecule has 2 N–H and O–H groups in total. The predicted octanol–water partition coefficient (Wildman–Crippen LogP) is 2.03. The van der Waals surface area contributed by atoms with E-state index in [2.05, 4.69) is 30.2 Å². The Labute approximate surface area is 97.9 Å². The van der Waals surface area contributed by atoms with E-state index in [4.69, 9.17) is 5.11 Å². The van der Waals surface area contributed by atoms with Gasteiger partial charge in [0.2, 0.25) is 0 Å². The predicted molar refractivity (Wildman–Crippen MR) is 66.2 cm³/mol. The second-order valence-corrected chi connectivity index (χ2v) is 4.55. The fraction of sp³-hybridized carbons (Fsp3) is 0.615. The number of nitrogens with zero attached hydrogens (tertiary/aromatic N) is 1. The van der Waals surface area contributed by atoms with Gasteiger partial charge in [-0.15, -0.1) is 0 Å². The zero-order valence-electron chi connectivity index (χ0n) is 10.5. The molecule has 0 fully saturated rings. The summed E-state index contributed by atoms with van der Waals surface area (Å²) in [4.78, 5) is 4.26. The largest absolute Gasteiger partial charge is 0.396 e. The van der Waals surface area contributed by atoms with Crippen LogP contribution >= 0.6 is 0 Å². The van der Waals surface area contributed by atoms with Crippen molar-refractivity contribution < 1.29 is 5.11 Å². The van der Waals surface area contributed by atoms with Gasteiger partial charge < -0.3 is 10.4 Å². The summed E-state index contributed by atoms with van der Waals surface area (Å²) in [6, 6.07) is 4.11. The van der Waals surface area contributed by atoms with E-state index < -0.39 is 0 Å². The number of hydrogen-bond acceptors (Lipinski definition) is 3. The highest BCUT2D eigenvalue weighted by Gasteiger charge is 2.19. The molecule has 0 saturated heterocycles. The van der Waals surface area contributed by atoms with Crippen LogP contribution in [0, 0.1) is 6.92 Å².